The molecule has 4 heteroatoms. The Morgan fingerprint density at radius 3 is 2.68 bits per heavy atom. The van der Waals surface area contributed by atoms with Gasteiger partial charge >= 0.3 is 0 Å². The summed E-state index contributed by atoms with van der Waals surface area (Å²) in [5, 5.41) is 8.99. The zero-order chi connectivity index (χ0) is 15.4. The number of nitrogens with zero attached hydrogens (tertiary/aromatic N) is 3. The Balaban J connectivity index is 1.76. The molecule has 22 heavy (non-hydrogen) atoms. The summed E-state index contributed by atoms with van der Waals surface area (Å²) >= 11 is 0. The van der Waals surface area contributed by atoms with Gasteiger partial charge in [0.05, 0.1) is 11.9 Å². The molecule has 3 rings (SSSR count). The lowest BCUT2D eigenvalue weighted by Gasteiger charge is -2.22. The van der Waals surface area contributed by atoms with Crippen molar-refractivity contribution in [3.05, 3.63) is 48.0 Å². The number of imidazole rings is 1. The van der Waals surface area contributed by atoms with E-state index in [1.165, 1.54) is 24.2 Å². The predicted octanol–water partition coefficient (Wildman–Crippen LogP) is 2.92. The Labute approximate surface area is 132 Å². The second kappa shape index (κ2) is 7.07. The van der Waals surface area contributed by atoms with Crippen LogP contribution in [0.3, 0.4) is 0 Å². The van der Waals surface area contributed by atoms with Crippen molar-refractivity contribution in [3.63, 3.8) is 0 Å². The molecule has 1 fully saturated rings. The minimum atomic E-state index is 0.291. The first-order chi connectivity index (χ1) is 10.8. The molecule has 0 bridgehead atoms. The lowest BCUT2D eigenvalue weighted by molar-refractivity contribution is 0.226. The highest BCUT2D eigenvalue weighted by molar-refractivity contribution is 5.35. The Bertz CT molecular complexity index is 590. The fraction of sp³-hybridized carbons (Fsp3) is 0.500. The Morgan fingerprint density at radius 2 is 2.00 bits per heavy atom. The highest BCUT2D eigenvalue weighted by Crippen LogP contribution is 2.29. The van der Waals surface area contributed by atoms with Gasteiger partial charge in [0.1, 0.15) is 5.82 Å². The van der Waals surface area contributed by atoms with Gasteiger partial charge in [-0.05, 0) is 51.3 Å². The number of rotatable bonds is 8. The number of aryl methyl sites for hydroxylation is 1. The molecule has 0 radical (unpaired) electrons. The van der Waals surface area contributed by atoms with Crippen molar-refractivity contribution in [2.45, 2.75) is 45.2 Å². The maximum atomic E-state index is 8.99. The summed E-state index contributed by atoms with van der Waals surface area (Å²) in [4.78, 5) is 7.07. The molecule has 1 N–H and O–H groups in total. The second-order valence-corrected chi connectivity index (χ2v) is 6.10. The van der Waals surface area contributed by atoms with E-state index in [2.05, 4.69) is 45.6 Å². The maximum absolute atomic E-state index is 8.99. The monoisotopic (exact) mass is 299 g/mol. The second-order valence-electron chi connectivity index (χ2n) is 6.10. The minimum Gasteiger partial charge on any atom is -0.396 e. The zero-order valence-electron chi connectivity index (χ0n) is 13.3. The number of hydrogen-bond donors (Lipinski definition) is 1. The molecule has 0 atom stereocenters. The lowest BCUT2D eigenvalue weighted by Crippen LogP contribution is -2.28. The van der Waals surface area contributed by atoms with Gasteiger partial charge in [-0.25, -0.2) is 4.98 Å². The highest BCUT2D eigenvalue weighted by atomic mass is 16.2. The molecule has 1 aromatic carbocycles. The average Bonchev–Trinajstić information content (AvgIpc) is 3.32. The van der Waals surface area contributed by atoms with Crippen LogP contribution in [0.15, 0.2) is 36.5 Å². The van der Waals surface area contributed by atoms with Gasteiger partial charge < -0.3 is 5.11 Å². The topological polar surface area (TPSA) is 41.3 Å². The van der Waals surface area contributed by atoms with E-state index in [0.717, 1.165) is 37.8 Å². The molecule has 0 unspecified atom stereocenters. The number of aliphatic hydroxyl groups excluding tert-OH is 1. The van der Waals surface area contributed by atoms with Crippen LogP contribution < -0.4 is 0 Å². The lowest BCUT2D eigenvalue weighted by atomic mass is 10.2. The van der Waals surface area contributed by atoms with Crippen LogP contribution in [0.5, 0.6) is 0 Å². The van der Waals surface area contributed by atoms with Crippen LogP contribution in [0.2, 0.25) is 0 Å². The zero-order valence-corrected chi connectivity index (χ0v) is 13.3. The van der Waals surface area contributed by atoms with Gasteiger partial charge in [0.25, 0.3) is 0 Å². The normalized spacial score (nSPS) is 14.7. The first-order valence-corrected chi connectivity index (χ1v) is 8.23. The molecular weight excluding hydrogens is 274 g/mol. The van der Waals surface area contributed by atoms with Gasteiger partial charge in [-0.2, -0.15) is 0 Å². The largest absolute Gasteiger partial charge is 0.396 e. The predicted molar refractivity (Wildman–Crippen MR) is 88.1 cm³/mol. The van der Waals surface area contributed by atoms with Crippen LogP contribution in [0.25, 0.3) is 5.69 Å². The smallest absolute Gasteiger partial charge is 0.110 e. The summed E-state index contributed by atoms with van der Waals surface area (Å²) < 4.78 is 2.25. The van der Waals surface area contributed by atoms with Gasteiger partial charge in [-0.3, -0.25) is 9.47 Å². The Hall–Kier alpha value is -1.65. The number of aromatic nitrogens is 2. The molecule has 1 aromatic heterocycles. The molecule has 0 amide bonds. The molecule has 1 heterocycles. The van der Waals surface area contributed by atoms with Crippen LogP contribution in [0.1, 0.15) is 37.2 Å². The van der Waals surface area contributed by atoms with E-state index in [1.54, 1.807) is 0 Å². The van der Waals surface area contributed by atoms with Crippen molar-refractivity contribution in [1.29, 1.82) is 0 Å². The van der Waals surface area contributed by atoms with Crippen molar-refractivity contribution in [1.82, 2.24) is 14.5 Å². The summed E-state index contributed by atoms with van der Waals surface area (Å²) in [5.74, 6) is 1.03. The molecule has 0 spiro atoms. The van der Waals surface area contributed by atoms with Crippen molar-refractivity contribution >= 4 is 0 Å². The summed E-state index contributed by atoms with van der Waals surface area (Å²) in [6.45, 7) is 4.35. The Morgan fingerprint density at radius 1 is 1.23 bits per heavy atom. The van der Waals surface area contributed by atoms with Crippen molar-refractivity contribution in [2.24, 2.45) is 0 Å². The molecule has 2 aromatic rings. The number of aliphatic hydroxyl groups is 1. The third kappa shape index (κ3) is 3.57. The van der Waals surface area contributed by atoms with Crippen LogP contribution >= 0.6 is 0 Å². The van der Waals surface area contributed by atoms with Crippen LogP contribution in [0, 0.1) is 6.92 Å². The van der Waals surface area contributed by atoms with Crippen LogP contribution in [0.4, 0.5) is 0 Å². The van der Waals surface area contributed by atoms with E-state index in [-0.39, 0.29) is 0 Å². The highest BCUT2D eigenvalue weighted by Gasteiger charge is 2.29. The van der Waals surface area contributed by atoms with E-state index in [0.29, 0.717) is 6.61 Å². The first kappa shape index (κ1) is 15.3. The first-order valence-electron chi connectivity index (χ1n) is 8.23. The molecule has 4 nitrogen and oxygen atoms in total. The van der Waals surface area contributed by atoms with Gasteiger partial charge in [-0.1, -0.05) is 18.2 Å². The third-order valence-electron chi connectivity index (χ3n) is 4.31. The van der Waals surface area contributed by atoms with Gasteiger partial charge in [0.15, 0.2) is 0 Å². The molecule has 0 saturated heterocycles. The van der Waals surface area contributed by atoms with Crippen molar-refractivity contribution in [3.8, 4) is 5.69 Å². The van der Waals surface area contributed by atoms with Gasteiger partial charge in [-0.15, -0.1) is 0 Å². The van der Waals surface area contributed by atoms with E-state index < -0.39 is 0 Å². The molecular formula is C18H25N3O. The molecule has 1 aliphatic carbocycles. The number of hydrogen-bond acceptors (Lipinski definition) is 3. The van der Waals surface area contributed by atoms with Crippen molar-refractivity contribution in [2.75, 3.05) is 13.2 Å². The summed E-state index contributed by atoms with van der Waals surface area (Å²) in [7, 11) is 0. The summed E-state index contributed by atoms with van der Waals surface area (Å²) in [5.41, 5.74) is 2.43. The van der Waals surface area contributed by atoms with E-state index in [1.807, 2.05) is 12.3 Å². The van der Waals surface area contributed by atoms with E-state index >= 15 is 0 Å². The number of para-hydroxylation sites is 1. The number of benzene rings is 1. The molecule has 118 valence electrons. The average molecular weight is 299 g/mol. The van der Waals surface area contributed by atoms with E-state index in [4.69, 9.17) is 5.11 Å². The quantitative estimate of drug-likeness (QED) is 0.762. The number of unbranched alkanes of at least 4 members (excludes halogenated alkanes) is 1. The SMILES string of the molecule is Cc1ncc(CN(CCCCO)C2CC2)n1-c1ccccc1. The molecule has 1 saturated carbocycles. The summed E-state index contributed by atoms with van der Waals surface area (Å²) in [6, 6.07) is 11.2. The fourth-order valence-corrected chi connectivity index (χ4v) is 3.00. The maximum Gasteiger partial charge on any atom is 0.110 e. The van der Waals surface area contributed by atoms with Gasteiger partial charge in [0.2, 0.25) is 0 Å². The van der Waals surface area contributed by atoms with Crippen LogP contribution in [-0.2, 0) is 6.54 Å². The fourth-order valence-electron chi connectivity index (χ4n) is 3.00. The Kier molecular flexibility index (Phi) is 4.90. The third-order valence-corrected chi connectivity index (χ3v) is 4.31. The van der Waals surface area contributed by atoms with Crippen molar-refractivity contribution < 1.29 is 5.11 Å². The van der Waals surface area contributed by atoms with E-state index in [9.17, 15) is 0 Å². The summed E-state index contributed by atoms with van der Waals surface area (Å²) in [6.07, 6.45) is 6.56. The standard InChI is InChI=1S/C18H25N3O/c1-15-19-13-18(21(15)17-7-3-2-4-8-17)14-20(16-9-10-16)11-5-6-12-22/h2-4,7-8,13,16,22H,5-6,9-12,14H2,1H3. The molecule has 1 aliphatic rings. The van der Waals surface area contributed by atoms with Gasteiger partial charge in [0, 0.05) is 24.9 Å². The molecule has 0 aliphatic heterocycles. The minimum absolute atomic E-state index is 0.291. The van der Waals surface area contributed by atoms with Crippen LogP contribution in [-0.4, -0.2) is 38.8 Å².